The Labute approximate surface area is 117 Å². The molecule has 106 valence electrons. The summed E-state index contributed by atoms with van der Waals surface area (Å²) < 4.78 is 4.80. The third-order valence-electron chi connectivity index (χ3n) is 2.43. The fourth-order valence-corrected chi connectivity index (χ4v) is 1.54. The van der Waals surface area contributed by atoms with E-state index in [-0.39, 0.29) is 18.4 Å². The first-order chi connectivity index (χ1) is 9.55. The van der Waals surface area contributed by atoms with Crippen LogP contribution in [-0.2, 0) is 9.53 Å². The second-order valence-corrected chi connectivity index (χ2v) is 4.20. The van der Waals surface area contributed by atoms with Crippen molar-refractivity contribution in [2.75, 3.05) is 11.9 Å². The van der Waals surface area contributed by atoms with Crippen molar-refractivity contribution in [2.24, 2.45) is 0 Å². The lowest BCUT2D eigenvalue weighted by atomic mass is 10.2. The molecule has 0 aliphatic carbocycles. The maximum absolute atomic E-state index is 11.7. The normalized spacial score (nSPS) is 11.1. The van der Waals surface area contributed by atoms with Crippen LogP contribution in [0.2, 0.25) is 0 Å². The number of esters is 1. The molecule has 1 atom stereocenters. The minimum absolute atomic E-state index is 0.120. The van der Waals surface area contributed by atoms with Gasteiger partial charge in [-0.15, -0.1) is 0 Å². The highest BCUT2D eigenvalue weighted by Gasteiger charge is 2.12. The maximum Gasteiger partial charge on any atom is 0.319 e. The maximum atomic E-state index is 11.7. The van der Waals surface area contributed by atoms with Gasteiger partial charge in [-0.25, -0.2) is 4.79 Å². The van der Waals surface area contributed by atoms with Crippen LogP contribution in [0.1, 0.15) is 25.8 Å². The number of urea groups is 1. The number of hydrogen-bond acceptors (Lipinski definition) is 4. The lowest BCUT2D eigenvalue weighted by Gasteiger charge is -2.13. The Morgan fingerprint density at radius 2 is 2.00 bits per heavy atom. The van der Waals surface area contributed by atoms with Crippen LogP contribution in [0, 0.1) is 11.3 Å². The number of nitrogens with one attached hydrogen (secondary N) is 2. The van der Waals surface area contributed by atoms with Crippen molar-refractivity contribution < 1.29 is 14.3 Å². The van der Waals surface area contributed by atoms with Gasteiger partial charge in [-0.2, -0.15) is 5.26 Å². The number of ether oxygens (including phenoxy) is 1. The number of carbonyl (C=O) groups is 2. The van der Waals surface area contributed by atoms with Crippen LogP contribution in [-0.4, -0.2) is 24.6 Å². The molecule has 0 bridgehead atoms. The average molecular weight is 275 g/mol. The zero-order valence-corrected chi connectivity index (χ0v) is 11.5. The van der Waals surface area contributed by atoms with Gasteiger partial charge in [0.1, 0.15) is 0 Å². The van der Waals surface area contributed by atoms with E-state index in [0.717, 1.165) is 0 Å². The van der Waals surface area contributed by atoms with Gasteiger partial charge in [0, 0.05) is 11.7 Å². The summed E-state index contributed by atoms with van der Waals surface area (Å²) >= 11 is 0. The smallest absolute Gasteiger partial charge is 0.319 e. The Morgan fingerprint density at radius 1 is 1.35 bits per heavy atom. The number of amides is 2. The van der Waals surface area contributed by atoms with Crippen LogP contribution in [0.15, 0.2) is 24.3 Å². The Balaban J connectivity index is 2.42. The van der Waals surface area contributed by atoms with Gasteiger partial charge in [0.05, 0.1) is 24.7 Å². The first-order valence-electron chi connectivity index (χ1n) is 6.28. The first kappa shape index (κ1) is 15.5. The van der Waals surface area contributed by atoms with E-state index < -0.39 is 6.03 Å². The summed E-state index contributed by atoms with van der Waals surface area (Å²) in [6.45, 7) is 3.77. The van der Waals surface area contributed by atoms with Gasteiger partial charge < -0.3 is 15.4 Å². The van der Waals surface area contributed by atoms with Gasteiger partial charge >= 0.3 is 12.0 Å². The van der Waals surface area contributed by atoms with Gasteiger partial charge in [0.15, 0.2) is 0 Å². The van der Waals surface area contributed by atoms with Crippen molar-refractivity contribution in [3.63, 3.8) is 0 Å². The summed E-state index contributed by atoms with van der Waals surface area (Å²) in [6.07, 6.45) is 0.120. The Kier molecular flexibility index (Phi) is 6.04. The van der Waals surface area contributed by atoms with E-state index in [9.17, 15) is 9.59 Å². The van der Waals surface area contributed by atoms with Crippen molar-refractivity contribution in [1.29, 1.82) is 5.26 Å². The number of nitrogens with zero attached hydrogens (tertiary/aromatic N) is 1. The van der Waals surface area contributed by atoms with Gasteiger partial charge in [-0.3, -0.25) is 4.79 Å². The number of benzene rings is 1. The van der Waals surface area contributed by atoms with E-state index in [1.165, 1.54) is 0 Å². The molecule has 1 rings (SSSR count). The highest BCUT2D eigenvalue weighted by atomic mass is 16.5. The zero-order chi connectivity index (χ0) is 15.0. The summed E-state index contributed by atoms with van der Waals surface area (Å²) in [5.41, 5.74) is 1.09. The molecular formula is C14H17N3O3. The summed E-state index contributed by atoms with van der Waals surface area (Å²) in [5.74, 6) is -0.348. The first-order valence-corrected chi connectivity index (χ1v) is 6.28. The predicted molar refractivity (Wildman–Crippen MR) is 74.0 cm³/mol. The molecular weight excluding hydrogens is 258 g/mol. The van der Waals surface area contributed by atoms with Crippen LogP contribution in [0.4, 0.5) is 10.5 Å². The Bertz CT molecular complexity index is 505. The molecule has 0 saturated carbocycles. The highest BCUT2D eigenvalue weighted by molar-refractivity contribution is 5.89. The lowest BCUT2D eigenvalue weighted by molar-refractivity contribution is -0.143. The minimum Gasteiger partial charge on any atom is -0.466 e. The molecule has 1 aromatic carbocycles. The SMILES string of the molecule is CCOC(=O)CC(C)NC(=O)Nc1ccc(C#N)cc1. The summed E-state index contributed by atoms with van der Waals surface area (Å²) in [4.78, 5) is 22.9. The summed E-state index contributed by atoms with van der Waals surface area (Å²) in [7, 11) is 0. The number of hydrogen-bond donors (Lipinski definition) is 2. The molecule has 0 aromatic heterocycles. The minimum atomic E-state index is -0.411. The highest BCUT2D eigenvalue weighted by Crippen LogP contribution is 2.08. The van der Waals surface area contributed by atoms with E-state index in [0.29, 0.717) is 17.9 Å². The molecule has 0 aliphatic heterocycles. The van der Waals surface area contributed by atoms with Crippen LogP contribution in [0.3, 0.4) is 0 Å². The second-order valence-electron chi connectivity index (χ2n) is 4.20. The number of carbonyl (C=O) groups excluding carboxylic acids is 2. The van der Waals surface area contributed by atoms with Crippen LogP contribution in [0.5, 0.6) is 0 Å². The molecule has 0 spiro atoms. The third-order valence-corrected chi connectivity index (χ3v) is 2.43. The van der Waals surface area contributed by atoms with Gasteiger partial charge in [0.2, 0.25) is 0 Å². The van der Waals surface area contributed by atoms with Crippen LogP contribution in [0.25, 0.3) is 0 Å². The molecule has 1 aromatic rings. The molecule has 2 N–H and O–H groups in total. The standard InChI is InChI=1S/C14H17N3O3/c1-3-20-13(18)8-10(2)16-14(19)17-12-6-4-11(9-15)5-7-12/h4-7,10H,3,8H2,1-2H3,(H2,16,17,19). The fraction of sp³-hybridized carbons (Fsp3) is 0.357. The fourth-order valence-electron chi connectivity index (χ4n) is 1.54. The summed E-state index contributed by atoms with van der Waals surface area (Å²) in [5, 5.41) is 13.9. The number of nitriles is 1. The molecule has 6 nitrogen and oxygen atoms in total. The van der Waals surface area contributed by atoms with Crippen LogP contribution < -0.4 is 10.6 Å². The van der Waals surface area contributed by atoms with E-state index in [1.54, 1.807) is 38.1 Å². The molecule has 1 unspecified atom stereocenters. The molecule has 20 heavy (non-hydrogen) atoms. The lowest BCUT2D eigenvalue weighted by Crippen LogP contribution is -2.37. The summed E-state index contributed by atoms with van der Waals surface area (Å²) in [6, 6.07) is 7.74. The third kappa shape index (κ3) is 5.40. The van der Waals surface area contributed by atoms with Crippen molar-refractivity contribution in [2.45, 2.75) is 26.3 Å². The van der Waals surface area contributed by atoms with Gasteiger partial charge in [0.25, 0.3) is 0 Å². The van der Waals surface area contributed by atoms with E-state index in [2.05, 4.69) is 10.6 Å². The van der Waals surface area contributed by atoms with E-state index >= 15 is 0 Å². The van der Waals surface area contributed by atoms with E-state index in [1.807, 2.05) is 6.07 Å². The molecule has 0 radical (unpaired) electrons. The average Bonchev–Trinajstić information content (AvgIpc) is 2.39. The molecule has 6 heteroatoms. The second kappa shape index (κ2) is 7.79. The van der Waals surface area contributed by atoms with Crippen molar-refractivity contribution in [1.82, 2.24) is 5.32 Å². The largest absolute Gasteiger partial charge is 0.466 e. The Hall–Kier alpha value is -2.55. The molecule has 0 saturated heterocycles. The zero-order valence-electron chi connectivity index (χ0n) is 11.5. The van der Waals surface area contributed by atoms with Crippen LogP contribution >= 0.6 is 0 Å². The quantitative estimate of drug-likeness (QED) is 0.804. The van der Waals surface area contributed by atoms with Gasteiger partial charge in [-0.1, -0.05) is 0 Å². The predicted octanol–water partition coefficient (Wildman–Crippen LogP) is 2.02. The Morgan fingerprint density at radius 3 is 2.55 bits per heavy atom. The number of anilines is 1. The molecule has 0 fully saturated rings. The van der Waals surface area contributed by atoms with Crippen molar-refractivity contribution in [3.8, 4) is 6.07 Å². The van der Waals surface area contributed by atoms with Crippen molar-refractivity contribution in [3.05, 3.63) is 29.8 Å². The molecule has 0 heterocycles. The monoisotopic (exact) mass is 275 g/mol. The molecule has 0 aliphatic rings. The molecule has 2 amide bonds. The number of rotatable bonds is 5. The van der Waals surface area contributed by atoms with Gasteiger partial charge in [-0.05, 0) is 38.1 Å². The topological polar surface area (TPSA) is 91.2 Å². The van der Waals surface area contributed by atoms with Crippen molar-refractivity contribution >= 4 is 17.7 Å². The van der Waals surface area contributed by atoms with E-state index in [4.69, 9.17) is 10.00 Å².